The predicted octanol–water partition coefficient (Wildman–Crippen LogP) is 4.88. The number of carbonyl (C=O) groups is 3. The number of alkyl halides is 3. The Hall–Kier alpha value is -3.07. The van der Waals surface area contributed by atoms with E-state index in [9.17, 15) is 27.6 Å². The van der Waals surface area contributed by atoms with E-state index in [-0.39, 0.29) is 23.6 Å². The molecule has 2 aromatic carbocycles. The van der Waals surface area contributed by atoms with Gasteiger partial charge in [-0.1, -0.05) is 60.2 Å². The SMILES string of the molecule is Cc1ccc(C=C2SC(=O)N(CCNC(=O)CC(c3ccccc3)C(F)(F)F)C2=O)cc1. The monoisotopic (exact) mass is 462 g/mol. The van der Waals surface area contributed by atoms with E-state index in [1.165, 1.54) is 24.3 Å². The number of thioether (sulfide) groups is 1. The van der Waals surface area contributed by atoms with Gasteiger partial charge in [0.15, 0.2) is 0 Å². The van der Waals surface area contributed by atoms with Crippen molar-refractivity contribution in [2.24, 2.45) is 0 Å². The van der Waals surface area contributed by atoms with E-state index in [0.29, 0.717) is 0 Å². The minimum Gasteiger partial charge on any atom is -0.354 e. The van der Waals surface area contributed by atoms with E-state index in [4.69, 9.17) is 0 Å². The number of nitrogens with one attached hydrogen (secondary N) is 1. The second kappa shape index (κ2) is 10.0. The van der Waals surface area contributed by atoms with Crippen LogP contribution in [0.2, 0.25) is 0 Å². The first-order valence-electron chi connectivity index (χ1n) is 9.85. The second-order valence-corrected chi connectivity index (χ2v) is 8.30. The summed E-state index contributed by atoms with van der Waals surface area (Å²) in [7, 11) is 0. The number of rotatable bonds is 7. The Morgan fingerprint density at radius 2 is 1.75 bits per heavy atom. The Balaban J connectivity index is 1.56. The highest BCUT2D eigenvalue weighted by molar-refractivity contribution is 8.18. The second-order valence-electron chi connectivity index (χ2n) is 7.30. The van der Waals surface area contributed by atoms with Crippen LogP contribution in [0.4, 0.5) is 18.0 Å². The molecule has 1 N–H and O–H groups in total. The van der Waals surface area contributed by atoms with E-state index in [1.54, 1.807) is 12.1 Å². The van der Waals surface area contributed by atoms with Crippen LogP contribution >= 0.6 is 11.8 Å². The van der Waals surface area contributed by atoms with Crippen molar-refractivity contribution in [1.29, 1.82) is 0 Å². The predicted molar refractivity (Wildman–Crippen MR) is 117 cm³/mol. The zero-order valence-electron chi connectivity index (χ0n) is 17.2. The number of carbonyl (C=O) groups excluding carboxylic acids is 3. The van der Waals surface area contributed by atoms with E-state index < -0.39 is 35.6 Å². The molecule has 0 saturated carbocycles. The van der Waals surface area contributed by atoms with E-state index in [1.807, 2.05) is 31.2 Å². The largest absolute Gasteiger partial charge is 0.396 e. The smallest absolute Gasteiger partial charge is 0.354 e. The Bertz CT molecular complexity index is 1020. The van der Waals surface area contributed by atoms with Gasteiger partial charge in [-0.25, -0.2) is 0 Å². The first-order valence-corrected chi connectivity index (χ1v) is 10.7. The van der Waals surface area contributed by atoms with Crippen molar-refractivity contribution in [3.63, 3.8) is 0 Å². The summed E-state index contributed by atoms with van der Waals surface area (Å²) in [6, 6.07) is 14.6. The minimum absolute atomic E-state index is 0.00216. The maximum atomic E-state index is 13.4. The molecule has 2 aromatic rings. The number of amides is 3. The summed E-state index contributed by atoms with van der Waals surface area (Å²) < 4.78 is 40.2. The lowest BCUT2D eigenvalue weighted by molar-refractivity contribution is -0.157. The molecule has 32 heavy (non-hydrogen) atoms. The van der Waals surface area contributed by atoms with Gasteiger partial charge < -0.3 is 5.32 Å². The van der Waals surface area contributed by atoms with Crippen LogP contribution < -0.4 is 5.32 Å². The molecule has 0 bridgehead atoms. The van der Waals surface area contributed by atoms with E-state index in [2.05, 4.69) is 5.32 Å². The van der Waals surface area contributed by atoms with Crippen molar-refractivity contribution in [3.8, 4) is 0 Å². The zero-order chi connectivity index (χ0) is 23.3. The number of halogens is 3. The van der Waals surface area contributed by atoms with Crippen molar-refractivity contribution < 1.29 is 27.6 Å². The van der Waals surface area contributed by atoms with Crippen molar-refractivity contribution in [1.82, 2.24) is 10.2 Å². The van der Waals surface area contributed by atoms with Gasteiger partial charge >= 0.3 is 6.18 Å². The van der Waals surface area contributed by atoms with Gasteiger partial charge in [-0.15, -0.1) is 0 Å². The third-order valence-corrected chi connectivity index (χ3v) is 5.80. The molecule has 1 atom stereocenters. The Morgan fingerprint density at radius 1 is 1.09 bits per heavy atom. The highest BCUT2D eigenvalue weighted by Crippen LogP contribution is 2.37. The third-order valence-electron chi connectivity index (χ3n) is 4.89. The van der Waals surface area contributed by atoms with E-state index >= 15 is 0 Å². The number of hydrogen-bond donors (Lipinski definition) is 1. The maximum Gasteiger partial charge on any atom is 0.396 e. The third kappa shape index (κ3) is 6.00. The molecule has 1 fully saturated rings. The van der Waals surface area contributed by atoms with Gasteiger partial charge in [0, 0.05) is 19.5 Å². The molecule has 3 rings (SSSR count). The molecule has 9 heteroatoms. The highest BCUT2D eigenvalue weighted by Gasteiger charge is 2.42. The minimum atomic E-state index is -4.58. The molecule has 5 nitrogen and oxygen atoms in total. The topological polar surface area (TPSA) is 66.5 Å². The molecular weight excluding hydrogens is 441 g/mol. The average molecular weight is 462 g/mol. The molecule has 3 amide bonds. The lowest BCUT2D eigenvalue weighted by Crippen LogP contribution is -2.38. The van der Waals surface area contributed by atoms with E-state index in [0.717, 1.165) is 27.8 Å². The summed E-state index contributed by atoms with van der Waals surface area (Å²) in [5.74, 6) is -3.23. The fourth-order valence-electron chi connectivity index (χ4n) is 3.18. The first-order chi connectivity index (χ1) is 15.1. The molecule has 1 unspecified atom stereocenters. The van der Waals surface area contributed by atoms with Crippen molar-refractivity contribution >= 4 is 34.9 Å². The summed E-state index contributed by atoms with van der Waals surface area (Å²) >= 11 is 0.788. The van der Waals surface area contributed by atoms with Gasteiger partial charge in [-0.2, -0.15) is 13.2 Å². The Kier molecular flexibility index (Phi) is 7.40. The molecule has 1 aliphatic heterocycles. The highest BCUT2D eigenvalue weighted by atomic mass is 32.2. The normalized spacial score (nSPS) is 16.5. The summed E-state index contributed by atoms with van der Waals surface area (Å²) in [6.07, 6.45) is -3.74. The molecule has 0 radical (unpaired) electrons. The summed E-state index contributed by atoms with van der Waals surface area (Å²) in [6.45, 7) is 1.68. The van der Waals surface area contributed by atoms with Crippen LogP contribution in [0, 0.1) is 6.92 Å². The van der Waals surface area contributed by atoms with Crippen LogP contribution in [-0.2, 0) is 9.59 Å². The molecule has 1 heterocycles. The molecule has 1 saturated heterocycles. The summed E-state index contributed by atoms with van der Waals surface area (Å²) in [5.41, 5.74) is 1.84. The van der Waals surface area contributed by atoms with Gasteiger partial charge in [0.1, 0.15) is 0 Å². The van der Waals surface area contributed by atoms with Gasteiger partial charge in [-0.3, -0.25) is 19.3 Å². The number of imide groups is 1. The quantitative estimate of drug-likeness (QED) is 0.596. The van der Waals surface area contributed by atoms with Gasteiger partial charge in [0.25, 0.3) is 11.1 Å². The number of nitrogens with zero attached hydrogens (tertiary/aromatic N) is 1. The van der Waals surface area contributed by atoms with Crippen LogP contribution in [0.15, 0.2) is 59.5 Å². The molecule has 0 spiro atoms. The molecule has 168 valence electrons. The maximum absolute atomic E-state index is 13.4. The van der Waals surface area contributed by atoms with Crippen LogP contribution in [0.3, 0.4) is 0 Å². The average Bonchev–Trinajstić information content (AvgIpc) is 3.01. The number of aryl methyl sites for hydroxylation is 1. The van der Waals surface area contributed by atoms with Crippen LogP contribution in [-0.4, -0.2) is 41.2 Å². The molecule has 1 aliphatic rings. The van der Waals surface area contributed by atoms with Gasteiger partial charge in [-0.05, 0) is 35.9 Å². The molecular formula is C23H21F3N2O3S. The number of hydrogen-bond acceptors (Lipinski definition) is 4. The van der Waals surface area contributed by atoms with Crippen molar-refractivity contribution in [2.75, 3.05) is 13.1 Å². The Morgan fingerprint density at radius 3 is 2.38 bits per heavy atom. The standard InChI is InChI=1S/C23H21F3N2O3S/c1-15-7-9-16(10-8-15)13-19-21(30)28(22(31)32-19)12-11-27-20(29)14-18(23(24,25)26)17-5-3-2-4-6-17/h2-10,13,18H,11-12,14H2,1H3,(H,27,29). The number of benzene rings is 2. The first kappa shape index (κ1) is 23.6. The fraction of sp³-hybridized carbons (Fsp3) is 0.261. The lowest BCUT2D eigenvalue weighted by atomic mass is 9.95. The lowest BCUT2D eigenvalue weighted by Gasteiger charge is -2.20. The zero-order valence-corrected chi connectivity index (χ0v) is 18.0. The molecule has 0 aliphatic carbocycles. The van der Waals surface area contributed by atoms with Crippen molar-refractivity contribution in [3.05, 3.63) is 76.2 Å². The Labute approximate surface area is 187 Å². The fourth-order valence-corrected chi connectivity index (χ4v) is 4.04. The van der Waals surface area contributed by atoms with Crippen LogP contribution in [0.25, 0.3) is 6.08 Å². The van der Waals surface area contributed by atoms with Gasteiger partial charge in [0.2, 0.25) is 5.91 Å². The van der Waals surface area contributed by atoms with Crippen LogP contribution in [0.5, 0.6) is 0 Å². The summed E-state index contributed by atoms with van der Waals surface area (Å²) in [4.78, 5) is 38.0. The van der Waals surface area contributed by atoms with Crippen molar-refractivity contribution in [2.45, 2.75) is 25.4 Å². The molecule has 0 aromatic heterocycles. The van der Waals surface area contributed by atoms with Gasteiger partial charge in [0.05, 0.1) is 10.8 Å². The summed E-state index contributed by atoms with van der Waals surface area (Å²) in [5, 5.41) is 1.89. The van der Waals surface area contributed by atoms with Crippen LogP contribution in [0.1, 0.15) is 29.0 Å².